The number of carboxylic acid groups (broad SMARTS) is 1. The fourth-order valence-corrected chi connectivity index (χ4v) is 2.97. The molecule has 1 saturated heterocycles. The second kappa shape index (κ2) is 5.41. The van der Waals surface area contributed by atoms with Gasteiger partial charge in [0.05, 0.1) is 0 Å². The summed E-state index contributed by atoms with van der Waals surface area (Å²) in [5.74, 6) is -0.775. The van der Waals surface area contributed by atoms with Crippen molar-refractivity contribution in [3.8, 4) is 0 Å². The third-order valence-electron chi connectivity index (χ3n) is 3.79. The van der Waals surface area contributed by atoms with Gasteiger partial charge in [0, 0.05) is 4.47 Å². The van der Waals surface area contributed by atoms with Crippen LogP contribution in [0.3, 0.4) is 0 Å². The molecular formula is C14H18BrNO2. The van der Waals surface area contributed by atoms with Crippen LogP contribution in [0.5, 0.6) is 0 Å². The number of likely N-dealkylation sites (tertiary alicyclic amines) is 1. The third kappa shape index (κ3) is 2.45. The summed E-state index contributed by atoms with van der Waals surface area (Å²) in [4.78, 5) is 13.9. The molecule has 1 fully saturated rings. The van der Waals surface area contributed by atoms with Gasteiger partial charge >= 0.3 is 5.97 Å². The van der Waals surface area contributed by atoms with E-state index < -0.39 is 11.5 Å². The van der Waals surface area contributed by atoms with Crippen molar-refractivity contribution in [1.82, 2.24) is 4.90 Å². The molecule has 0 saturated carbocycles. The summed E-state index contributed by atoms with van der Waals surface area (Å²) in [7, 11) is 0. The van der Waals surface area contributed by atoms with E-state index in [4.69, 9.17) is 0 Å². The maximum atomic E-state index is 11.8. The number of aliphatic carboxylic acids is 1. The number of hydrogen-bond acceptors (Lipinski definition) is 2. The van der Waals surface area contributed by atoms with Crippen LogP contribution in [-0.2, 0) is 10.3 Å². The lowest BCUT2D eigenvalue weighted by Crippen LogP contribution is -2.51. The summed E-state index contributed by atoms with van der Waals surface area (Å²) >= 11 is 3.42. The zero-order valence-electron chi connectivity index (χ0n) is 10.5. The summed E-state index contributed by atoms with van der Waals surface area (Å²) in [5, 5.41) is 9.67. The van der Waals surface area contributed by atoms with E-state index >= 15 is 0 Å². The highest BCUT2D eigenvalue weighted by Gasteiger charge is 2.41. The molecule has 0 aliphatic carbocycles. The second-order valence-electron chi connectivity index (χ2n) is 4.94. The number of rotatable bonds is 3. The Morgan fingerprint density at radius 3 is 2.56 bits per heavy atom. The van der Waals surface area contributed by atoms with Crippen molar-refractivity contribution in [2.24, 2.45) is 0 Å². The van der Waals surface area contributed by atoms with Gasteiger partial charge in [-0.3, -0.25) is 4.90 Å². The Morgan fingerprint density at radius 1 is 1.33 bits per heavy atom. The minimum atomic E-state index is -0.926. The molecule has 1 atom stereocenters. The molecule has 18 heavy (non-hydrogen) atoms. The zero-order chi connectivity index (χ0) is 13.2. The molecule has 1 aromatic carbocycles. The van der Waals surface area contributed by atoms with Gasteiger partial charge in [0.25, 0.3) is 0 Å². The largest absolute Gasteiger partial charge is 0.480 e. The van der Waals surface area contributed by atoms with E-state index in [9.17, 15) is 9.90 Å². The lowest BCUT2D eigenvalue weighted by Gasteiger charge is -2.40. The molecule has 0 amide bonds. The van der Waals surface area contributed by atoms with Crippen LogP contribution in [0.15, 0.2) is 28.7 Å². The SMILES string of the molecule is CC(C(=O)O)(c1cccc(Br)c1)N1CCCCC1. The Labute approximate surface area is 116 Å². The molecule has 0 aromatic heterocycles. The van der Waals surface area contributed by atoms with Crippen LogP contribution in [0, 0.1) is 0 Å². The maximum absolute atomic E-state index is 11.8. The molecule has 0 bridgehead atoms. The number of halogens is 1. The highest BCUT2D eigenvalue weighted by molar-refractivity contribution is 9.10. The van der Waals surface area contributed by atoms with Crippen LogP contribution in [0.1, 0.15) is 31.7 Å². The fourth-order valence-electron chi connectivity index (χ4n) is 2.57. The Hall–Kier alpha value is -0.870. The lowest BCUT2D eigenvalue weighted by atomic mass is 9.88. The highest BCUT2D eigenvalue weighted by atomic mass is 79.9. The third-order valence-corrected chi connectivity index (χ3v) is 4.28. The minimum absolute atomic E-state index is 0.775. The molecule has 1 unspecified atom stereocenters. The number of nitrogens with zero attached hydrogens (tertiary/aromatic N) is 1. The van der Waals surface area contributed by atoms with Crippen molar-refractivity contribution >= 4 is 21.9 Å². The topological polar surface area (TPSA) is 40.5 Å². The first-order valence-electron chi connectivity index (χ1n) is 6.29. The number of piperidine rings is 1. The van der Waals surface area contributed by atoms with Crippen molar-refractivity contribution in [2.75, 3.05) is 13.1 Å². The molecule has 1 aromatic rings. The summed E-state index contributed by atoms with van der Waals surface area (Å²) in [6, 6.07) is 7.61. The molecule has 98 valence electrons. The summed E-state index contributed by atoms with van der Waals surface area (Å²) in [6.45, 7) is 3.52. The standard InChI is InChI=1S/C14H18BrNO2/c1-14(13(17)18,16-8-3-2-4-9-16)11-6-5-7-12(15)10-11/h5-7,10H,2-4,8-9H2,1H3,(H,17,18). The van der Waals surface area contributed by atoms with Gasteiger partial charge in [0.15, 0.2) is 0 Å². The molecule has 1 N–H and O–H groups in total. The van der Waals surface area contributed by atoms with Gasteiger partial charge in [-0.1, -0.05) is 34.5 Å². The van der Waals surface area contributed by atoms with Crippen LogP contribution < -0.4 is 0 Å². The van der Waals surface area contributed by atoms with E-state index in [1.165, 1.54) is 6.42 Å². The lowest BCUT2D eigenvalue weighted by molar-refractivity contribution is -0.152. The van der Waals surface area contributed by atoms with Crippen LogP contribution in [0.2, 0.25) is 0 Å². The van der Waals surface area contributed by atoms with E-state index in [0.29, 0.717) is 0 Å². The van der Waals surface area contributed by atoms with Crippen molar-refractivity contribution in [1.29, 1.82) is 0 Å². The Kier molecular flexibility index (Phi) is 4.07. The second-order valence-corrected chi connectivity index (χ2v) is 5.85. The van der Waals surface area contributed by atoms with Gasteiger partial charge in [0.2, 0.25) is 0 Å². The van der Waals surface area contributed by atoms with Crippen LogP contribution in [0.4, 0.5) is 0 Å². The molecule has 4 heteroatoms. The van der Waals surface area contributed by atoms with Crippen molar-refractivity contribution in [3.63, 3.8) is 0 Å². The van der Waals surface area contributed by atoms with Crippen LogP contribution >= 0.6 is 15.9 Å². The monoisotopic (exact) mass is 311 g/mol. The number of benzene rings is 1. The predicted molar refractivity (Wildman–Crippen MR) is 74.6 cm³/mol. The molecular weight excluding hydrogens is 294 g/mol. The van der Waals surface area contributed by atoms with Gasteiger partial charge in [-0.15, -0.1) is 0 Å². The van der Waals surface area contributed by atoms with Crippen molar-refractivity contribution in [3.05, 3.63) is 34.3 Å². The Bertz CT molecular complexity index is 443. The molecule has 2 rings (SSSR count). The Balaban J connectivity index is 2.39. The molecule has 1 heterocycles. The normalized spacial score (nSPS) is 20.3. The summed E-state index contributed by atoms with van der Waals surface area (Å²) in [5.41, 5.74) is -0.0872. The van der Waals surface area contributed by atoms with Crippen LogP contribution in [-0.4, -0.2) is 29.1 Å². The molecule has 0 radical (unpaired) electrons. The molecule has 1 aliphatic rings. The van der Waals surface area contributed by atoms with Gasteiger partial charge in [-0.25, -0.2) is 4.79 Å². The van der Waals surface area contributed by atoms with Crippen molar-refractivity contribution < 1.29 is 9.90 Å². The minimum Gasteiger partial charge on any atom is -0.480 e. The number of carboxylic acids is 1. The number of hydrogen-bond donors (Lipinski definition) is 1. The molecule has 1 aliphatic heterocycles. The van der Waals surface area contributed by atoms with Crippen molar-refractivity contribution in [2.45, 2.75) is 31.7 Å². The average Bonchev–Trinajstić information content (AvgIpc) is 2.38. The van der Waals surface area contributed by atoms with Gasteiger partial charge in [-0.05, 0) is 50.6 Å². The van der Waals surface area contributed by atoms with Crippen LogP contribution in [0.25, 0.3) is 0 Å². The smallest absolute Gasteiger partial charge is 0.328 e. The van der Waals surface area contributed by atoms with E-state index in [1.807, 2.05) is 31.2 Å². The van der Waals surface area contributed by atoms with Gasteiger partial charge in [0.1, 0.15) is 5.54 Å². The highest BCUT2D eigenvalue weighted by Crippen LogP contribution is 2.32. The first kappa shape index (κ1) is 13.6. The first-order chi connectivity index (χ1) is 8.55. The summed E-state index contributed by atoms with van der Waals surface area (Å²) < 4.78 is 0.921. The van der Waals surface area contributed by atoms with E-state index in [1.54, 1.807) is 0 Å². The van der Waals surface area contributed by atoms with E-state index in [0.717, 1.165) is 36.0 Å². The summed E-state index contributed by atoms with van der Waals surface area (Å²) in [6.07, 6.45) is 3.36. The first-order valence-corrected chi connectivity index (χ1v) is 7.09. The molecule has 0 spiro atoms. The molecule has 3 nitrogen and oxygen atoms in total. The van der Waals surface area contributed by atoms with E-state index in [2.05, 4.69) is 20.8 Å². The van der Waals surface area contributed by atoms with Gasteiger partial charge < -0.3 is 5.11 Å². The maximum Gasteiger partial charge on any atom is 0.328 e. The predicted octanol–water partition coefficient (Wildman–Crippen LogP) is 3.23. The van der Waals surface area contributed by atoms with Gasteiger partial charge in [-0.2, -0.15) is 0 Å². The number of carbonyl (C=O) groups is 1. The van der Waals surface area contributed by atoms with E-state index in [-0.39, 0.29) is 0 Å². The fraction of sp³-hybridized carbons (Fsp3) is 0.500. The average molecular weight is 312 g/mol. The quantitative estimate of drug-likeness (QED) is 0.931. The zero-order valence-corrected chi connectivity index (χ0v) is 12.1. The Morgan fingerprint density at radius 2 is 2.00 bits per heavy atom.